The molecule has 106 valence electrons. The number of nitrogens with zero attached hydrogens (tertiary/aromatic N) is 1. The van der Waals surface area contributed by atoms with E-state index < -0.39 is 0 Å². The van der Waals surface area contributed by atoms with E-state index in [2.05, 4.69) is 6.07 Å². The molecule has 0 unspecified atom stereocenters. The number of rotatable bonds is 2. The molecule has 1 aliphatic carbocycles. The third-order valence-corrected chi connectivity index (χ3v) is 6.01. The van der Waals surface area contributed by atoms with E-state index in [1.54, 1.807) is 16.2 Å². The van der Waals surface area contributed by atoms with E-state index in [0.717, 1.165) is 30.6 Å². The van der Waals surface area contributed by atoms with Crippen LogP contribution >= 0.6 is 11.3 Å². The largest absolute Gasteiger partial charge is 0.459 e. The average molecular weight is 291 g/mol. The predicted molar refractivity (Wildman–Crippen MR) is 74.5 cm³/mol. The van der Waals surface area contributed by atoms with Crippen molar-refractivity contribution in [2.45, 2.75) is 49.7 Å². The maximum Gasteiger partial charge on any atom is 0.329 e. The minimum absolute atomic E-state index is 0.0711. The Labute approximate surface area is 121 Å². The number of fused-ring (bicyclic) bond motifs is 2. The van der Waals surface area contributed by atoms with Crippen LogP contribution in [0.4, 0.5) is 0 Å². The molecule has 0 spiro atoms. The predicted octanol–water partition coefficient (Wildman–Crippen LogP) is 2.09. The number of carbonyl (C=O) groups excluding carboxylic acids is 2. The molecular formula is C15H17NO3S. The molecular weight excluding hydrogens is 274 g/mol. The summed E-state index contributed by atoms with van der Waals surface area (Å²) in [6.45, 7) is 0.586. The topological polar surface area (TPSA) is 46.6 Å². The van der Waals surface area contributed by atoms with Crippen molar-refractivity contribution >= 4 is 23.2 Å². The molecule has 5 heteroatoms. The van der Waals surface area contributed by atoms with Crippen LogP contribution in [0.5, 0.6) is 0 Å². The highest BCUT2D eigenvalue weighted by Gasteiger charge is 2.54. The number of carbonyl (C=O) groups is 2. The van der Waals surface area contributed by atoms with Gasteiger partial charge in [-0.25, -0.2) is 4.79 Å². The van der Waals surface area contributed by atoms with Crippen molar-refractivity contribution in [1.29, 1.82) is 0 Å². The summed E-state index contributed by atoms with van der Waals surface area (Å²) < 4.78 is 5.20. The molecule has 2 saturated heterocycles. The van der Waals surface area contributed by atoms with Crippen molar-refractivity contribution in [1.82, 2.24) is 4.90 Å². The summed E-state index contributed by atoms with van der Waals surface area (Å²) in [6.07, 6.45) is 4.63. The van der Waals surface area contributed by atoms with Gasteiger partial charge in [-0.3, -0.25) is 4.79 Å². The molecule has 20 heavy (non-hydrogen) atoms. The monoisotopic (exact) mass is 291 g/mol. The minimum atomic E-state index is -0.376. The number of morpholine rings is 1. The summed E-state index contributed by atoms with van der Waals surface area (Å²) in [4.78, 5) is 27.8. The van der Waals surface area contributed by atoms with Gasteiger partial charge in [-0.15, -0.1) is 11.3 Å². The number of hydrogen-bond acceptors (Lipinski definition) is 4. The van der Waals surface area contributed by atoms with E-state index in [9.17, 15) is 9.59 Å². The van der Waals surface area contributed by atoms with Gasteiger partial charge >= 0.3 is 5.97 Å². The van der Waals surface area contributed by atoms with Crippen LogP contribution < -0.4 is 0 Å². The zero-order valence-corrected chi connectivity index (χ0v) is 12.0. The molecule has 4 nitrogen and oxygen atoms in total. The van der Waals surface area contributed by atoms with Crippen molar-refractivity contribution < 1.29 is 14.3 Å². The number of ether oxygens (including phenoxy) is 1. The molecule has 2 aliphatic heterocycles. The van der Waals surface area contributed by atoms with Gasteiger partial charge in [0.1, 0.15) is 12.1 Å². The molecule has 1 saturated carbocycles. The summed E-state index contributed by atoms with van der Waals surface area (Å²) >= 11 is 1.66. The standard InChI is InChI=1S/C15H17NO3S/c17-13-11-8-10(19-13)9-16(11)14(18)15(5-1-2-6-15)12-4-3-7-20-12/h3-4,7,10-11H,1-2,5-6,8-9H2/t10-,11-/m0/s1. The summed E-state index contributed by atoms with van der Waals surface area (Å²) in [5, 5.41) is 2.03. The van der Waals surface area contributed by atoms with Crippen molar-refractivity contribution in [3.8, 4) is 0 Å². The van der Waals surface area contributed by atoms with Crippen molar-refractivity contribution in [2.24, 2.45) is 0 Å². The van der Waals surface area contributed by atoms with Gasteiger partial charge in [0, 0.05) is 11.3 Å². The Bertz CT molecular complexity index is 547. The second-order valence-electron chi connectivity index (χ2n) is 6.03. The minimum Gasteiger partial charge on any atom is -0.459 e. The van der Waals surface area contributed by atoms with E-state index in [1.165, 1.54) is 0 Å². The molecule has 0 radical (unpaired) electrons. The molecule has 1 aromatic rings. The lowest BCUT2D eigenvalue weighted by Gasteiger charge is -2.35. The molecule has 0 N–H and O–H groups in total. The summed E-state index contributed by atoms with van der Waals surface area (Å²) in [5.74, 6) is -0.0597. The van der Waals surface area contributed by atoms with Gasteiger partial charge in [-0.2, -0.15) is 0 Å². The van der Waals surface area contributed by atoms with Gasteiger partial charge in [0.05, 0.1) is 12.0 Å². The first-order valence-electron chi connectivity index (χ1n) is 7.26. The van der Waals surface area contributed by atoms with Crippen molar-refractivity contribution in [3.05, 3.63) is 22.4 Å². The fourth-order valence-corrected chi connectivity index (χ4v) is 4.92. The van der Waals surface area contributed by atoms with E-state index in [4.69, 9.17) is 4.74 Å². The van der Waals surface area contributed by atoms with Gasteiger partial charge in [-0.05, 0) is 24.3 Å². The van der Waals surface area contributed by atoms with Crippen LogP contribution in [-0.2, 0) is 19.7 Å². The normalized spacial score (nSPS) is 30.8. The Morgan fingerprint density at radius 1 is 1.40 bits per heavy atom. The quantitative estimate of drug-likeness (QED) is 0.784. The Balaban J connectivity index is 1.68. The highest BCUT2D eigenvalue weighted by atomic mass is 32.1. The Morgan fingerprint density at radius 2 is 2.20 bits per heavy atom. The van der Waals surface area contributed by atoms with Gasteiger partial charge in [-0.1, -0.05) is 18.9 Å². The second kappa shape index (κ2) is 4.32. The highest BCUT2D eigenvalue weighted by molar-refractivity contribution is 7.10. The van der Waals surface area contributed by atoms with E-state index in [-0.39, 0.29) is 29.4 Å². The van der Waals surface area contributed by atoms with E-state index in [1.807, 2.05) is 11.4 Å². The second-order valence-corrected chi connectivity index (χ2v) is 6.98. The van der Waals surface area contributed by atoms with E-state index >= 15 is 0 Å². The summed E-state index contributed by atoms with van der Waals surface area (Å²) in [6, 6.07) is 3.75. The van der Waals surface area contributed by atoms with E-state index in [0.29, 0.717) is 13.0 Å². The first kappa shape index (κ1) is 12.4. The van der Waals surface area contributed by atoms with Crippen molar-refractivity contribution in [2.75, 3.05) is 6.54 Å². The first-order valence-corrected chi connectivity index (χ1v) is 8.14. The van der Waals surface area contributed by atoms with Crippen LogP contribution in [0.2, 0.25) is 0 Å². The Morgan fingerprint density at radius 3 is 2.80 bits per heavy atom. The third-order valence-electron chi connectivity index (χ3n) is 4.94. The smallest absolute Gasteiger partial charge is 0.329 e. The maximum absolute atomic E-state index is 13.1. The van der Waals surface area contributed by atoms with Gasteiger partial charge in [0.15, 0.2) is 0 Å². The molecule has 2 atom stereocenters. The molecule has 3 fully saturated rings. The lowest BCUT2D eigenvalue weighted by molar-refractivity contribution is -0.159. The van der Waals surface area contributed by atoms with Crippen LogP contribution in [-0.4, -0.2) is 35.5 Å². The molecule has 3 aliphatic rings. The highest BCUT2D eigenvalue weighted by Crippen LogP contribution is 2.46. The first-order chi connectivity index (χ1) is 9.71. The molecule has 3 heterocycles. The lowest BCUT2D eigenvalue weighted by Crippen LogP contribution is -2.51. The average Bonchev–Trinajstić information content (AvgIpc) is 3.20. The third kappa shape index (κ3) is 1.59. The number of amides is 1. The maximum atomic E-state index is 13.1. The summed E-state index contributed by atoms with van der Waals surface area (Å²) in [7, 11) is 0. The van der Waals surface area contributed by atoms with Gasteiger partial charge < -0.3 is 9.64 Å². The Kier molecular flexibility index (Phi) is 2.67. The van der Waals surface area contributed by atoms with Crippen LogP contribution in [0.25, 0.3) is 0 Å². The van der Waals surface area contributed by atoms with Crippen LogP contribution in [0.15, 0.2) is 17.5 Å². The molecule has 4 rings (SSSR count). The van der Waals surface area contributed by atoms with Crippen molar-refractivity contribution in [3.63, 3.8) is 0 Å². The fourth-order valence-electron chi connectivity index (χ4n) is 3.94. The molecule has 1 aromatic heterocycles. The Hall–Kier alpha value is -1.36. The zero-order chi connectivity index (χ0) is 13.7. The summed E-state index contributed by atoms with van der Waals surface area (Å²) in [5.41, 5.74) is -0.376. The number of likely N-dealkylation sites (tertiary alicyclic amines) is 1. The fraction of sp³-hybridized carbons (Fsp3) is 0.600. The van der Waals surface area contributed by atoms with Gasteiger partial charge in [0.25, 0.3) is 0 Å². The number of esters is 1. The SMILES string of the molecule is O=C1O[C@H]2C[C@@H]1N(C(=O)C1(c3cccs3)CCCC1)C2. The zero-order valence-electron chi connectivity index (χ0n) is 11.2. The molecule has 0 aromatic carbocycles. The van der Waals surface area contributed by atoms with Crippen LogP contribution in [0, 0.1) is 0 Å². The molecule has 1 amide bonds. The van der Waals surface area contributed by atoms with Crippen LogP contribution in [0.1, 0.15) is 37.0 Å². The van der Waals surface area contributed by atoms with Crippen LogP contribution in [0.3, 0.4) is 0 Å². The molecule has 2 bridgehead atoms. The number of hydrogen-bond donors (Lipinski definition) is 0. The number of thiophene rings is 1. The van der Waals surface area contributed by atoms with Gasteiger partial charge in [0.2, 0.25) is 5.91 Å². The lowest BCUT2D eigenvalue weighted by atomic mass is 9.82.